The lowest BCUT2D eigenvalue weighted by atomic mass is 10.1. The summed E-state index contributed by atoms with van der Waals surface area (Å²) in [6.07, 6.45) is 6.79. The third-order valence-corrected chi connectivity index (χ3v) is 3.79. The Kier molecular flexibility index (Phi) is 5.04. The van der Waals surface area contributed by atoms with Crippen molar-refractivity contribution < 1.29 is 4.57 Å². The summed E-state index contributed by atoms with van der Waals surface area (Å²) in [7, 11) is 2.16. The Morgan fingerprint density at radius 3 is 2.12 bits per heavy atom. The molecule has 0 N–H and O–H groups in total. The lowest BCUT2D eigenvalue weighted by molar-refractivity contribution is -0.683. The van der Waals surface area contributed by atoms with Gasteiger partial charge in [-0.2, -0.15) is 0 Å². The monoisotopic (exact) mass is 223 g/mol. The Labute approximate surface area is 100 Å². The first-order chi connectivity index (χ1) is 7.59. The maximum absolute atomic E-state index is 2.46. The maximum Gasteiger partial charge on any atom is 0.253 e. The SMILES string of the molecule is CCCCCCCn1c(C)c(C)[n+](C)c1C. The molecule has 16 heavy (non-hydrogen) atoms. The van der Waals surface area contributed by atoms with E-state index in [-0.39, 0.29) is 0 Å². The largest absolute Gasteiger partial charge is 0.253 e. The molecule has 1 heterocycles. The number of aromatic nitrogens is 2. The molecule has 2 nitrogen and oxygen atoms in total. The lowest BCUT2D eigenvalue weighted by Gasteiger charge is -2.01. The number of hydrogen-bond donors (Lipinski definition) is 0. The smallest absolute Gasteiger partial charge is 0.234 e. The van der Waals surface area contributed by atoms with Crippen LogP contribution in [0.15, 0.2) is 0 Å². The summed E-state index contributed by atoms with van der Waals surface area (Å²) in [5.41, 5.74) is 2.82. The summed E-state index contributed by atoms with van der Waals surface area (Å²) in [6.45, 7) is 10.1. The van der Waals surface area contributed by atoms with E-state index in [4.69, 9.17) is 0 Å². The van der Waals surface area contributed by atoms with Gasteiger partial charge in [0.1, 0.15) is 11.4 Å². The Bertz CT molecular complexity index is 311. The minimum absolute atomic E-state index is 1.18. The molecule has 2 heteroatoms. The number of hydrogen-bond acceptors (Lipinski definition) is 0. The number of nitrogens with zero attached hydrogens (tertiary/aromatic N) is 2. The van der Waals surface area contributed by atoms with E-state index in [1.807, 2.05) is 0 Å². The van der Waals surface area contributed by atoms with Gasteiger partial charge in [0, 0.05) is 20.8 Å². The van der Waals surface area contributed by atoms with Crippen molar-refractivity contribution in [3.05, 3.63) is 17.2 Å². The lowest BCUT2D eigenvalue weighted by Crippen LogP contribution is -2.33. The van der Waals surface area contributed by atoms with Crippen molar-refractivity contribution in [2.75, 3.05) is 0 Å². The van der Waals surface area contributed by atoms with Crippen LogP contribution < -0.4 is 4.57 Å². The molecule has 0 unspecified atom stereocenters. The number of rotatable bonds is 6. The van der Waals surface area contributed by atoms with Crippen LogP contribution in [0.1, 0.15) is 56.2 Å². The van der Waals surface area contributed by atoms with Crippen molar-refractivity contribution in [1.82, 2.24) is 4.57 Å². The van der Waals surface area contributed by atoms with E-state index in [0.717, 1.165) is 0 Å². The summed E-state index contributed by atoms with van der Waals surface area (Å²) in [6, 6.07) is 0. The quantitative estimate of drug-likeness (QED) is 0.517. The Morgan fingerprint density at radius 1 is 1.00 bits per heavy atom. The zero-order chi connectivity index (χ0) is 12.1. The van der Waals surface area contributed by atoms with E-state index in [0.29, 0.717) is 0 Å². The van der Waals surface area contributed by atoms with Crippen molar-refractivity contribution in [2.24, 2.45) is 7.05 Å². The molecular weight excluding hydrogens is 196 g/mol. The van der Waals surface area contributed by atoms with Crippen molar-refractivity contribution in [1.29, 1.82) is 0 Å². The van der Waals surface area contributed by atoms with Gasteiger partial charge in [-0.1, -0.05) is 26.2 Å². The second kappa shape index (κ2) is 6.07. The second-order valence-electron chi connectivity index (χ2n) is 4.84. The fraction of sp³-hybridized carbons (Fsp3) is 0.786. The molecule has 0 aliphatic heterocycles. The molecule has 0 saturated heterocycles. The van der Waals surface area contributed by atoms with Gasteiger partial charge in [0.05, 0.1) is 13.6 Å². The molecule has 0 aliphatic rings. The van der Waals surface area contributed by atoms with Gasteiger partial charge in [-0.15, -0.1) is 0 Å². The van der Waals surface area contributed by atoms with Gasteiger partial charge in [0.2, 0.25) is 0 Å². The van der Waals surface area contributed by atoms with Gasteiger partial charge in [-0.05, 0) is 12.8 Å². The first-order valence-corrected chi connectivity index (χ1v) is 6.61. The highest BCUT2D eigenvalue weighted by Gasteiger charge is 2.18. The molecule has 0 spiro atoms. The molecule has 0 saturated carbocycles. The summed E-state index contributed by atoms with van der Waals surface area (Å²) in [4.78, 5) is 0. The van der Waals surface area contributed by atoms with Crippen LogP contribution in [0.25, 0.3) is 0 Å². The highest BCUT2D eigenvalue weighted by atomic mass is 15.2. The zero-order valence-electron chi connectivity index (χ0n) is 11.6. The summed E-state index contributed by atoms with van der Waals surface area (Å²) < 4.78 is 4.75. The molecule has 0 aromatic carbocycles. The van der Waals surface area contributed by atoms with E-state index in [1.54, 1.807) is 0 Å². The van der Waals surface area contributed by atoms with Crippen LogP contribution in [0.3, 0.4) is 0 Å². The van der Waals surface area contributed by atoms with E-state index in [9.17, 15) is 0 Å². The Balaban J connectivity index is 2.51. The third kappa shape index (κ3) is 2.87. The van der Waals surface area contributed by atoms with Gasteiger partial charge in [0.15, 0.2) is 0 Å². The first kappa shape index (κ1) is 13.3. The van der Waals surface area contributed by atoms with Crippen LogP contribution in [0, 0.1) is 20.8 Å². The Morgan fingerprint density at radius 2 is 1.62 bits per heavy atom. The van der Waals surface area contributed by atoms with E-state index < -0.39 is 0 Å². The summed E-state index contributed by atoms with van der Waals surface area (Å²) in [5, 5.41) is 0. The van der Waals surface area contributed by atoms with Crippen molar-refractivity contribution in [3.63, 3.8) is 0 Å². The van der Waals surface area contributed by atoms with Crippen LogP contribution in [0.2, 0.25) is 0 Å². The zero-order valence-corrected chi connectivity index (χ0v) is 11.6. The highest BCUT2D eigenvalue weighted by molar-refractivity contribution is 5.06. The highest BCUT2D eigenvalue weighted by Crippen LogP contribution is 2.10. The standard InChI is InChI=1S/C14H27N2/c1-6-7-8-9-10-11-16-13(3)12(2)15(5)14(16)4/h6-11H2,1-5H3/q+1. The third-order valence-electron chi connectivity index (χ3n) is 3.79. The van der Waals surface area contributed by atoms with Gasteiger partial charge in [-0.25, -0.2) is 9.13 Å². The van der Waals surface area contributed by atoms with Gasteiger partial charge in [0.25, 0.3) is 5.82 Å². The molecule has 0 bridgehead atoms. The van der Waals surface area contributed by atoms with Gasteiger partial charge < -0.3 is 0 Å². The second-order valence-corrected chi connectivity index (χ2v) is 4.84. The van der Waals surface area contributed by atoms with Gasteiger partial charge in [-0.3, -0.25) is 0 Å². The summed E-state index contributed by atoms with van der Waals surface area (Å²) >= 11 is 0. The van der Waals surface area contributed by atoms with Crippen LogP contribution in [-0.4, -0.2) is 4.57 Å². The molecule has 0 amide bonds. The van der Waals surface area contributed by atoms with Crippen molar-refractivity contribution in [2.45, 2.75) is 66.3 Å². The van der Waals surface area contributed by atoms with Gasteiger partial charge >= 0.3 is 0 Å². The molecule has 1 rings (SSSR count). The average Bonchev–Trinajstić information content (AvgIpc) is 2.46. The van der Waals surface area contributed by atoms with Crippen molar-refractivity contribution in [3.8, 4) is 0 Å². The average molecular weight is 223 g/mol. The fourth-order valence-electron chi connectivity index (χ4n) is 2.31. The summed E-state index contributed by atoms with van der Waals surface area (Å²) in [5.74, 6) is 1.38. The topological polar surface area (TPSA) is 8.81 Å². The first-order valence-electron chi connectivity index (χ1n) is 6.61. The molecule has 92 valence electrons. The minimum Gasteiger partial charge on any atom is -0.234 e. The molecule has 0 atom stereocenters. The maximum atomic E-state index is 2.46. The molecule has 0 fully saturated rings. The van der Waals surface area contributed by atoms with Crippen LogP contribution >= 0.6 is 0 Å². The van der Waals surface area contributed by atoms with Crippen LogP contribution in [-0.2, 0) is 13.6 Å². The molecule has 0 radical (unpaired) electrons. The van der Waals surface area contributed by atoms with Crippen LogP contribution in [0.5, 0.6) is 0 Å². The normalized spacial score (nSPS) is 11.1. The molecule has 1 aromatic rings. The van der Waals surface area contributed by atoms with E-state index in [2.05, 4.69) is 43.9 Å². The predicted molar refractivity (Wildman–Crippen MR) is 68.6 cm³/mol. The van der Waals surface area contributed by atoms with E-state index in [1.165, 1.54) is 55.9 Å². The molecule has 0 aliphatic carbocycles. The molecule has 1 aromatic heterocycles. The minimum atomic E-state index is 1.18. The van der Waals surface area contributed by atoms with Crippen molar-refractivity contribution >= 4 is 0 Å². The predicted octanol–water partition coefficient (Wildman–Crippen LogP) is 3.21. The number of imidazole rings is 1. The van der Waals surface area contributed by atoms with Crippen LogP contribution in [0.4, 0.5) is 0 Å². The Hall–Kier alpha value is -0.790. The molecular formula is C14H27N2+. The van der Waals surface area contributed by atoms with E-state index >= 15 is 0 Å². The number of unbranched alkanes of at least 4 members (excludes halogenated alkanes) is 4. The fourth-order valence-corrected chi connectivity index (χ4v) is 2.31.